The number of nitrogens with one attached hydrogen (secondary N) is 2. The summed E-state index contributed by atoms with van der Waals surface area (Å²) in [6, 6.07) is 2.63. The minimum Gasteiger partial charge on any atom is -0.466 e. The highest BCUT2D eigenvalue weighted by atomic mass is 32.2. The number of anilines is 1. The molecular formula is C14H16N4O4S. The molecule has 0 radical (unpaired) electrons. The van der Waals surface area contributed by atoms with Crippen LogP contribution < -0.4 is 5.32 Å². The van der Waals surface area contributed by atoms with E-state index in [0.29, 0.717) is 22.0 Å². The van der Waals surface area contributed by atoms with Gasteiger partial charge in [-0.2, -0.15) is 10.4 Å². The maximum atomic E-state index is 12.2. The fourth-order valence-electron chi connectivity index (χ4n) is 1.93. The smallest absolute Gasteiger partial charge is 0.336 e. The first-order valence-electron chi connectivity index (χ1n) is 6.78. The predicted molar refractivity (Wildman–Crippen MR) is 82.7 cm³/mol. The molecule has 2 aromatic heterocycles. The summed E-state index contributed by atoms with van der Waals surface area (Å²) in [4.78, 5) is 12.2. The molecule has 0 fully saturated rings. The Kier molecular flexibility index (Phi) is 5.67. The van der Waals surface area contributed by atoms with Crippen molar-refractivity contribution in [3.05, 3.63) is 29.2 Å². The van der Waals surface area contributed by atoms with Crippen LogP contribution in [0.2, 0.25) is 0 Å². The number of H-pyrrole nitrogens is 1. The summed E-state index contributed by atoms with van der Waals surface area (Å²) >= 11 is 1.31. The van der Waals surface area contributed by atoms with Crippen molar-refractivity contribution in [2.24, 2.45) is 0 Å². The van der Waals surface area contributed by atoms with Gasteiger partial charge in [0.1, 0.15) is 28.2 Å². The quantitative estimate of drug-likeness (QED) is 0.516. The van der Waals surface area contributed by atoms with Gasteiger partial charge in [0.15, 0.2) is 6.04 Å². The molecule has 9 heteroatoms. The van der Waals surface area contributed by atoms with Crippen LogP contribution in [0.5, 0.6) is 0 Å². The molecule has 0 aliphatic carbocycles. The fraction of sp³-hybridized carbons (Fsp3) is 0.357. The van der Waals surface area contributed by atoms with Crippen LogP contribution in [0.15, 0.2) is 21.8 Å². The second kappa shape index (κ2) is 7.71. The molecule has 3 N–H and O–H groups in total. The van der Waals surface area contributed by atoms with Crippen molar-refractivity contribution in [2.45, 2.75) is 24.6 Å². The van der Waals surface area contributed by atoms with E-state index in [1.807, 2.05) is 6.07 Å². The normalized spacial score (nSPS) is 11.7. The van der Waals surface area contributed by atoms with E-state index in [9.17, 15) is 10.1 Å². The van der Waals surface area contributed by atoms with Crippen molar-refractivity contribution in [3.63, 3.8) is 0 Å². The maximum absolute atomic E-state index is 12.2. The molecule has 0 saturated heterocycles. The van der Waals surface area contributed by atoms with Crippen molar-refractivity contribution in [1.82, 2.24) is 10.2 Å². The summed E-state index contributed by atoms with van der Waals surface area (Å²) in [7, 11) is 0. The zero-order valence-electron chi connectivity index (χ0n) is 12.6. The predicted octanol–water partition coefficient (Wildman–Crippen LogP) is 1.80. The van der Waals surface area contributed by atoms with Crippen LogP contribution in [0, 0.1) is 11.3 Å². The lowest BCUT2D eigenvalue weighted by molar-refractivity contribution is -0.144. The Morgan fingerprint density at radius 3 is 3.04 bits per heavy atom. The number of aromatic amines is 1. The van der Waals surface area contributed by atoms with E-state index in [4.69, 9.17) is 14.3 Å². The van der Waals surface area contributed by atoms with Crippen molar-refractivity contribution in [1.29, 1.82) is 5.26 Å². The van der Waals surface area contributed by atoms with Crippen LogP contribution in [0.25, 0.3) is 0 Å². The molecule has 8 nitrogen and oxygen atoms in total. The van der Waals surface area contributed by atoms with Crippen molar-refractivity contribution in [2.75, 3.05) is 18.2 Å². The van der Waals surface area contributed by atoms with Gasteiger partial charge in [-0.1, -0.05) is 0 Å². The average Bonchev–Trinajstić information content (AvgIpc) is 3.18. The Balaban J connectivity index is 2.33. The lowest BCUT2D eigenvalue weighted by Gasteiger charge is -2.15. The third-order valence-electron chi connectivity index (χ3n) is 2.99. The lowest BCUT2D eigenvalue weighted by Crippen LogP contribution is -2.23. The van der Waals surface area contributed by atoms with Crippen LogP contribution in [0.1, 0.15) is 29.9 Å². The van der Waals surface area contributed by atoms with Gasteiger partial charge >= 0.3 is 5.97 Å². The lowest BCUT2D eigenvalue weighted by atomic mass is 10.2. The molecule has 0 amide bonds. The number of nitrogens with zero attached hydrogens (tertiary/aromatic N) is 2. The number of esters is 1. The number of aliphatic hydroxyl groups is 1. The fourth-order valence-corrected chi connectivity index (χ4v) is 2.41. The number of furan rings is 1. The number of nitriles is 1. The average molecular weight is 336 g/mol. The van der Waals surface area contributed by atoms with E-state index in [2.05, 4.69) is 15.5 Å². The molecular weight excluding hydrogens is 320 g/mol. The highest BCUT2D eigenvalue weighted by Crippen LogP contribution is 2.28. The monoisotopic (exact) mass is 336 g/mol. The summed E-state index contributed by atoms with van der Waals surface area (Å²) in [6.45, 7) is 1.69. The van der Waals surface area contributed by atoms with Gasteiger partial charge in [-0.3, -0.25) is 5.10 Å². The van der Waals surface area contributed by atoms with Gasteiger partial charge in [-0.05, 0) is 19.2 Å². The van der Waals surface area contributed by atoms with E-state index >= 15 is 0 Å². The molecule has 0 aliphatic rings. The number of carbonyl (C=O) groups is 1. The van der Waals surface area contributed by atoms with E-state index in [1.165, 1.54) is 18.0 Å². The number of thioether (sulfide) groups is 1. The molecule has 2 rings (SSSR count). The van der Waals surface area contributed by atoms with E-state index < -0.39 is 12.0 Å². The minimum absolute atomic E-state index is 0.203. The molecule has 1 unspecified atom stereocenters. The van der Waals surface area contributed by atoms with Gasteiger partial charge < -0.3 is 19.6 Å². The Hall–Kier alpha value is -2.44. The van der Waals surface area contributed by atoms with Gasteiger partial charge in [-0.25, -0.2) is 4.79 Å². The molecule has 0 aliphatic heterocycles. The molecule has 1 atom stereocenters. The first-order chi connectivity index (χ1) is 11.1. The van der Waals surface area contributed by atoms with Crippen molar-refractivity contribution in [3.8, 4) is 6.07 Å². The van der Waals surface area contributed by atoms with Crippen molar-refractivity contribution >= 4 is 23.5 Å². The first-order valence-corrected chi connectivity index (χ1v) is 8.00. The second-order valence-electron chi connectivity index (χ2n) is 4.44. The molecule has 0 aromatic carbocycles. The molecule has 0 bridgehead atoms. The highest BCUT2D eigenvalue weighted by molar-refractivity contribution is 7.98. The first kappa shape index (κ1) is 16.9. The van der Waals surface area contributed by atoms with Gasteiger partial charge in [0.25, 0.3) is 0 Å². The van der Waals surface area contributed by atoms with Crippen LogP contribution in [0.3, 0.4) is 0 Å². The largest absolute Gasteiger partial charge is 0.466 e. The molecule has 0 saturated carbocycles. The second-order valence-corrected chi connectivity index (χ2v) is 5.23. The zero-order chi connectivity index (χ0) is 16.8. The third-order valence-corrected chi connectivity index (χ3v) is 3.67. The van der Waals surface area contributed by atoms with Crippen LogP contribution in [-0.2, 0) is 16.1 Å². The summed E-state index contributed by atoms with van der Waals surface area (Å²) in [5.74, 6) is 0.0177. The Labute approximate surface area is 136 Å². The Morgan fingerprint density at radius 2 is 2.48 bits per heavy atom. The molecule has 122 valence electrons. The number of ether oxygens (including phenoxy) is 1. The molecule has 2 aromatic rings. The maximum Gasteiger partial charge on any atom is 0.336 e. The Bertz CT molecular complexity index is 719. The summed E-state index contributed by atoms with van der Waals surface area (Å²) in [5.41, 5.74) is 0.840. The number of hydrogen-bond donors (Lipinski definition) is 3. The van der Waals surface area contributed by atoms with Gasteiger partial charge in [0, 0.05) is 5.56 Å². The standard InChI is InChI=1S/C14H16N4O4S/c1-3-21-14(20)11(10-4-8(6-19)7-22-10)16-12-9(5-15)13(23-2)18-17-12/h4,7,11,19H,3,6H2,1-2H3,(H2,16,17,18). The van der Waals surface area contributed by atoms with E-state index in [-0.39, 0.29) is 19.0 Å². The molecule has 0 spiro atoms. The SMILES string of the molecule is CCOC(=O)C(Nc1[nH]nc(SC)c1C#N)c1cc(CO)co1. The third kappa shape index (κ3) is 3.67. The number of hydrogen-bond acceptors (Lipinski definition) is 8. The van der Waals surface area contributed by atoms with Gasteiger partial charge in [0.05, 0.1) is 19.5 Å². The van der Waals surface area contributed by atoms with Gasteiger partial charge in [0.2, 0.25) is 0 Å². The highest BCUT2D eigenvalue weighted by Gasteiger charge is 2.27. The topological polar surface area (TPSA) is 124 Å². The van der Waals surface area contributed by atoms with Crippen molar-refractivity contribution < 1.29 is 19.1 Å². The number of aromatic nitrogens is 2. The number of carbonyl (C=O) groups excluding carboxylic acids is 1. The van der Waals surface area contributed by atoms with Crippen LogP contribution in [-0.4, -0.2) is 34.1 Å². The molecule has 2 heterocycles. The van der Waals surface area contributed by atoms with Gasteiger partial charge in [-0.15, -0.1) is 11.8 Å². The molecule has 23 heavy (non-hydrogen) atoms. The van der Waals surface area contributed by atoms with Crippen LogP contribution >= 0.6 is 11.8 Å². The summed E-state index contributed by atoms with van der Waals surface area (Å²) < 4.78 is 10.4. The number of rotatable bonds is 7. The van der Waals surface area contributed by atoms with E-state index in [0.717, 1.165) is 0 Å². The number of aliphatic hydroxyl groups excluding tert-OH is 1. The Morgan fingerprint density at radius 1 is 1.70 bits per heavy atom. The summed E-state index contributed by atoms with van der Waals surface area (Å²) in [5, 5.41) is 28.5. The van der Waals surface area contributed by atoms with Crippen LogP contribution in [0.4, 0.5) is 5.82 Å². The summed E-state index contributed by atoms with van der Waals surface area (Å²) in [6.07, 6.45) is 3.15. The minimum atomic E-state index is -0.961. The van der Waals surface area contributed by atoms with E-state index in [1.54, 1.807) is 19.2 Å². The zero-order valence-corrected chi connectivity index (χ0v) is 13.4.